The maximum absolute atomic E-state index is 12.1. The SMILES string of the molecule is Cc1cccc(C(=O)Nc2cc(Cl)ccn2)c1C. The molecule has 1 aromatic heterocycles. The van der Waals surface area contributed by atoms with Crippen LogP contribution in [0.4, 0.5) is 5.82 Å². The Morgan fingerprint density at radius 1 is 1.28 bits per heavy atom. The fourth-order valence-corrected chi connectivity index (χ4v) is 1.81. The fraction of sp³-hybridized carbons (Fsp3) is 0.143. The van der Waals surface area contributed by atoms with E-state index >= 15 is 0 Å². The highest BCUT2D eigenvalue weighted by Gasteiger charge is 2.10. The van der Waals surface area contributed by atoms with E-state index < -0.39 is 0 Å². The van der Waals surface area contributed by atoms with Crippen LogP contribution in [0, 0.1) is 13.8 Å². The Labute approximate surface area is 111 Å². The highest BCUT2D eigenvalue weighted by atomic mass is 35.5. The summed E-state index contributed by atoms with van der Waals surface area (Å²) in [7, 11) is 0. The number of amides is 1. The molecular weight excluding hydrogens is 248 g/mol. The fourth-order valence-electron chi connectivity index (χ4n) is 1.65. The van der Waals surface area contributed by atoms with Gasteiger partial charge in [-0.1, -0.05) is 23.7 Å². The lowest BCUT2D eigenvalue weighted by Gasteiger charge is -2.09. The van der Waals surface area contributed by atoms with Crippen LogP contribution >= 0.6 is 11.6 Å². The first-order chi connectivity index (χ1) is 8.58. The number of rotatable bonds is 2. The molecule has 0 saturated heterocycles. The zero-order chi connectivity index (χ0) is 13.1. The molecule has 92 valence electrons. The van der Waals surface area contributed by atoms with E-state index in [1.807, 2.05) is 26.0 Å². The molecule has 0 fully saturated rings. The number of aromatic nitrogens is 1. The summed E-state index contributed by atoms with van der Waals surface area (Å²) in [6.45, 7) is 3.90. The molecule has 4 heteroatoms. The van der Waals surface area contributed by atoms with Crippen molar-refractivity contribution in [3.05, 3.63) is 58.2 Å². The normalized spacial score (nSPS) is 10.2. The molecule has 0 saturated carbocycles. The standard InChI is InChI=1S/C14H13ClN2O/c1-9-4-3-5-12(10(9)2)14(18)17-13-8-11(15)6-7-16-13/h3-8H,1-2H3,(H,16,17,18). The molecule has 1 heterocycles. The van der Waals surface area contributed by atoms with E-state index in [0.717, 1.165) is 11.1 Å². The summed E-state index contributed by atoms with van der Waals surface area (Å²) < 4.78 is 0. The van der Waals surface area contributed by atoms with Gasteiger partial charge in [0.15, 0.2) is 0 Å². The predicted molar refractivity (Wildman–Crippen MR) is 73.1 cm³/mol. The number of nitrogens with zero attached hydrogens (tertiary/aromatic N) is 1. The second kappa shape index (κ2) is 5.19. The van der Waals surface area contributed by atoms with Gasteiger partial charge in [-0.2, -0.15) is 0 Å². The number of hydrogen-bond acceptors (Lipinski definition) is 2. The van der Waals surface area contributed by atoms with E-state index in [1.54, 1.807) is 24.4 Å². The number of halogens is 1. The van der Waals surface area contributed by atoms with Gasteiger partial charge in [-0.25, -0.2) is 4.98 Å². The summed E-state index contributed by atoms with van der Waals surface area (Å²) in [5.74, 6) is 0.277. The van der Waals surface area contributed by atoms with Gasteiger partial charge in [-0.15, -0.1) is 0 Å². The second-order valence-corrected chi connectivity index (χ2v) is 4.50. The Bertz CT molecular complexity index is 596. The highest BCUT2D eigenvalue weighted by Crippen LogP contribution is 2.16. The van der Waals surface area contributed by atoms with Crippen LogP contribution in [0.15, 0.2) is 36.5 Å². The molecule has 0 aliphatic rings. The third-order valence-electron chi connectivity index (χ3n) is 2.81. The molecule has 18 heavy (non-hydrogen) atoms. The third-order valence-corrected chi connectivity index (χ3v) is 3.05. The molecule has 0 aliphatic heterocycles. The summed E-state index contributed by atoms with van der Waals surface area (Å²) in [6.07, 6.45) is 1.56. The van der Waals surface area contributed by atoms with E-state index in [9.17, 15) is 4.79 Å². The molecule has 1 amide bonds. The molecule has 2 rings (SSSR count). The second-order valence-electron chi connectivity index (χ2n) is 4.06. The van der Waals surface area contributed by atoms with Crippen LogP contribution in [0.5, 0.6) is 0 Å². The van der Waals surface area contributed by atoms with E-state index in [2.05, 4.69) is 10.3 Å². The number of anilines is 1. The molecule has 0 bridgehead atoms. The maximum Gasteiger partial charge on any atom is 0.257 e. The van der Waals surface area contributed by atoms with Gasteiger partial charge in [0.05, 0.1) is 0 Å². The average molecular weight is 261 g/mol. The van der Waals surface area contributed by atoms with E-state index in [0.29, 0.717) is 16.4 Å². The van der Waals surface area contributed by atoms with Gasteiger partial charge in [0.2, 0.25) is 0 Å². The summed E-state index contributed by atoms with van der Waals surface area (Å²) in [5.41, 5.74) is 2.70. The number of benzene rings is 1. The maximum atomic E-state index is 12.1. The van der Waals surface area contributed by atoms with Crippen LogP contribution in [0.1, 0.15) is 21.5 Å². The Balaban J connectivity index is 2.25. The van der Waals surface area contributed by atoms with Crippen molar-refractivity contribution in [1.82, 2.24) is 4.98 Å². The van der Waals surface area contributed by atoms with Crippen LogP contribution in [-0.2, 0) is 0 Å². The van der Waals surface area contributed by atoms with Crippen molar-refractivity contribution in [2.24, 2.45) is 0 Å². The summed E-state index contributed by atoms with van der Waals surface area (Å²) in [5, 5.41) is 3.28. The van der Waals surface area contributed by atoms with Crippen molar-refractivity contribution in [3.8, 4) is 0 Å². The van der Waals surface area contributed by atoms with E-state index in [1.165, 1.54) is 0 Å². The quantitative estimate of drug-likeness (QED) is 0.896. The van der Waals surface area contributed by atoms with Crippen LogP contribution in [0.3, 0.4) is 0 Å². The molecule has 1 N–H and O–H groups in total. The number of nitrogens with one attached hydrogen (secondary N) is 1. The molecule has 0 aliphatic carbocycles. The van der Waals surface area contributed by atoms with Crippen molar-refractivity contribution < 1.29 is 4.79 Å². The number of hydrogen-bond donors (Lipinski definition) is 1. The first-order valence-corrected chi connectivity index (χ1v) is 5.95. The molecule has 0 radical (unpaired) electrons. The van der Waals surface area contributed by atoms with Crippen LogP contribution < -0.4 is 5.32 Å². The van der Waals surface area contributed by atoms with Gasteiger partial charge < -0.3 is 5.32 Å². The van der Waals surface area contributed by atoms with Gasteiger partial charge in [0.25, 0.3) is 5.91 Å². The van der Waals surface area contributed by atoms with Crippen molar-refractivity contribution in [2.45, 2.75) is 13.8 Å². The van der Waals surface area contributed by atoms with E-state index in [-0.39, 0.29) is 5.91 Å². The van der Waals surface area contributed by atoms with Gasteiger partial charge in [-0.05, 0) is 43.2 Å². The minimum absolute atomic E-state index is 0.175. The van der Waals surface area contributed by atoms with Gasteiger partial charge in [0.1, 0.15) is 5.82 Å². The summed E-state index contributed by atoms with van der Waals surface area (Å²) in [4.78, 5) is 16.1. The molecule has 1 aromatic carbocycles. The Hall–Kier alpha value is -1.87. The molecular formula is C14H13ClN2O. The molecule has 0 spiro atoms. The Morgan fingerprint density at radius 2 is 2.06 bits per heavy atom. The lowest BCUT2D eigenvalue weighted by molar-refractivity contribution is 0.102. The number of carbonyl (C=O) groups excluding carboxylic acids is 1. The van der Waals surface area contributed by atoms with Crippen molar-refractivity contribution in [1.29, 1.82) is 0 Å². The first-order valence-electron chi connectivity index (χ1n) is 5.57. The Kier molecular flexibility index (Phi) is 3.63. The van der Waals surface area contributed by atoms with Crippen molar-refractivity contribution >= 4 is 23.3 Å². The van der Waals surface area contributed by atoms with Crippen molar-refractivity contribution in [2.75, 3.05) is 5.32 Å². The van der Waals surface area contributed by atoms with E-state index in [4.69, 9.17) is 11.6 Å². The summed E-state index contributed by atoms with van der Waals surface area (Å²) >= 11 is 5.84. The molecule has 2 aromatic rings. The van der Waals surface area contributed by atoms with Crippen LogP contribution in [0.2, 0.25) is 5.02 Å². The predicted octanol–water partition coefficient (Wildman–Crippen LogP) is 3.60. The largest absolute Gasteiger partial charge is 0.307 e. The van der Waals surface area contributed by atoms with Gasteiger partial charge in [0, 0.05) is 16.8 Å². The topological polar surface area (TPSA) is 42.0 Å². The highest BCUT2D eigenvalue weighted by molar-refractivity contribution is 6.30. The van der Waals surface area contributed by atoms with Crippen LogP contribution in [-0.4, -0.2) is 10.9 Å². The van der Waals surface area contributed by atoms with Gasteiger partial charge in [-0.3, -0.25) is 4.79 Å². The zero-order valence-electron chi connectivity index (χ0n) is 10.2. The number of carbonyl (C=O) groups is 1. The average Bonchev–Trinajstić information content (AvgIpc) is 2.32. The minimum atomic E-state index is -0.175. The zero-order valence-corrected chi connectivity index (χ0v) is 11.0. The lowest BCUT2D eigenvalue weighted by Crippen LogP contribution is -2.14. The Morgan fingerprint density at radius 3 is 2.78 bits per heavy atom. The third kappa shape index (κ3) is 2.68. The lowest BCUT2D eigenvalue weighted by atomic mass is 10.0. The smallest absolute Gasteiger partial charge is 0.257 e. The monoisotopic (exact) mass is 260 g/mol. The number of pyridine rings is 1. The van der Waals surface area contributed by atoms with Crippen molar-refractivity contribution in [3.63, 3.8) is 0 Å². The first kappa shape index (κ1) is 12.6. The molecule has 0 unspecified atom stereocenters. The molecule has 3 nitrogen and oxygen atoms in total. The number of aryl methyl sites for hydroxylation is 1. The van der Waals surface area contributed by atoms with Gasteiger partial charge >= 0.3 is 0 Å². The summed E-state index contributed by atoms with van der Waals surface area (Å²) in [6, 6.07) is 8.91. The minimum Gasteiger partial charge on any atom is -0.307 e. The molecule has 0 atom stereocenters. The van der Waals surface area contributed by atoms with Crippen LogP contribution in [0.25, 0.3) is 0 Å².